The summed E-state index contributed by atoms with van der Waals surface area (Å²) in [5.41, 5.74) is 5.34. The minimum atomic E-state index is -0.722. The molecule has 3 amide bonds. The Morgan fingerprint density at radius 3 is 2.35 bits per heavy atom. The molecule has 51 heavy (non-hydrogen) atoms. The molecule has 4 rings (SSSR count). The van der Waals surface area contributed by atoms with Crippen molar-refractivity contribution in [3.05, 3.63) is 108 Å². The van der Waals surface area contributed by atoms with Crippen LogP contribution in [0.25, 0.3) is 0 Å². The molecular weight excluding hydrogens is 648 g/mol. The summed E-state index contributed by atoms with van der Waals surface area (Å²) in [4.78, 5) is 52.9. The van der Waals surface area contributed by atoms with Crippen LogP contribution in [-0.2, 0) is 35.2 Å². The first-order chi connectivity index (χ1) is 24.8. The predicted octanol–water partition coefficient (Wildman–Crippen LogP) is 6.58. The van der Waals surface area contributed by atoms with E-state index in [4.69, 9.17) is 9.47 Å². The van der Waals surface area contributed by atoms with E-state index in [9.17, 15) is 24.3 Å². The molecule has 11 heteroatoms. The number of hydrazone groups is 1. The van der Waals surface area contributed by atoms with Crippen molar-refractivity contribution in [2.75, 3.05) is 19.0 Å². The molecular formula is C40H48N4O7. The van der Waals surface area contributed by atoms with E-state index in [0.29, 0.717) is 50.6 Å². The van der Waals surface area contributed by atoms with Gasteiger partial charge in [-0.3, -0.25) is 19.2 Å². The Labute approximate surface area is 299 Å². The first kappa shape index (κ1) is 38.5. The molecule has 1 aliphatic rings. The number of aromatic hydroxyl groups is 1. The summed E-state index contributed by atoms with van der Waals surface area (Å²) >= 11 is 0. The lowest BCUT2D eigenvalue weighted by Gasteiger charge is -2.37. The second-order valence-electron chi connectivity index (χ2n) is 12.4. The van der Waals surface area contributed by atoms with Gasteiger partial charge in [0, 0.05) is 39.3 Å². The van der Waals surface area contributed by atoms with Crippen LogP contribution in [0.2, 0.25) is 0 Å². The number of anilines is 1. The van der Waals surface area contributed by atoms with Gasteiger partial charge in [0.15, 0.2) is 0 Å². The zero-order chi connectivity index (χ0) is 36.3. The van der Waals surface area contributed by atoms with Gasteiger partial charge in [0.25, 0.3) is 0 Å². The molecule has 0 bridgehead atoms. The van der Waals surface area contributed by atoms with E-state index in [1.807, 2.05) is 66.7 Å². The number of cyclic esters (lactones) is 1. The fraction of sp³-hybridized carbons (Fsp3) is 0.375. The van der Waals surface area contributed by atoms with Gasteiger partial charge < -0.3 is 24.8 Å². The third-order valence-electron chi connectivity index (χ3n) is 8.44. The van der Waals surface area contributed by atoms with Crippen LogP contribution in [-0.4, -0.2) is 59.7 Å². The monoisotopic (exact) mass is 696 g/mol. The Kier molecular flexibility index (Phi) is 15.9. The highest BCUT2D eigenvalue weighted by molar-refractivity contribution is 5.92. The Morgan fingerprint density at radius 1 is 0.902 bits per heavy atom. The lowest BCUT2D eigenvalue weighted by Crippen LogP contribution is -2.47. The summed E-state index contributed by atoms with van der Waals surface area (Å²) in [5, 5.41) is 16.6. The van der Waals surface area contributed by atoms with Crippen molar-refractivity contribution in [2.24, 2.45) is 5.10 Å². The molecule has 0 spiro atoms. The van der Waals surface area contributed by atoms with Gasteiger partial charge in [-0.1, -0.05) is 85.7 Å². The van der Waals surface area contributed by atoms with E-state index >= 15 is 0 Å². The number of para-hydroxylation sites is 2. The molecule has 0 unspecified atom stereocenters. The van der Waals surface area contributed by atoms with Crippen molar-refractivity contribution in [3.8, 4) is 5.75 Å². The number of allylic oxidation sites excluding steroid dienone is 2. The van der Waals surface area contributed by atoms with Crippen molar-refractivity contribution in [1.82, 2.24) is 10.3 Å². The minimum absolute atomic E-state index is 0.0321. The number of unbranched alkanes of at least 4 members (excludes halogenated alkanes) is 3. The molecule has 3 N–H and O–H groups in total. The molecule has 3 aromatic carbocycles. The highest BCUT2D eigenvalue weighted by atomic mass is 16.5. The molecule has 0 aliphatic carbocycles. The molecule has 1 heterocycles. The molecule has 3 aromatic rings. The third kappa shape index (κ3) is 13.2. The Bertz CT molecular complexity index is 1640. The first-order valence-corrected chi connectivity index (χ1v) is 17.5. The maximum Gasteiger partial charge on any atom is 0.306 e. The maximum absolute atomic E-state index is 13.8. The molecule has 0 saturated carbocycles. The number of nitrogens with zero attached hydrogens (tertiary/aromatic N) is 2. The van der Waals surface area contributed by atoms with Crippen LogP contribution in [0, 0.1) is 0 Å². The van der Waals surface area contributed by atoms with Crippen LogP contribution < -0.4 is 10.7 Å². The van der Waals surface area contributed by atoms with E-state index in [2.05, 4.69) is 15.8 Å². The van der Waals surface area contributed by atoms with E-state index in [1.54, 1.807) is 36.4 Å². The number of rotatable bonds is 15. The van der Waals surface area contributed by atoms with Crippen molar-refractivity contribution in [2.45, 2.75) is 82.9 Å². The van der Waals surface area contributed by atoms with Gasteiger partial charge in [0.1, 0.15) is 11.9 Å². The summed E-state index contributed by atoms with van der Waals surface area (Å²) in [7, 11) is 1.57. The topological polar surface area (TPSA) is 147 Å². The van der Waals surface area contributed by atoms with E-state index < -0.39 is 12.1 Å². The van der Waals surface area contributed by atoms with E-state index in [1.165, 1.54) is 6.07 Å². The van der Waals surface area contributed by atoms with Crippen molar-refractivity contribution in [1.29, 1.82) is 0 Å². The number of phenolic OH excluding ortho intramolecular Hbond substituents is 1. The number of benzene rings is 3. The van der Waals surface area contributed by atoms with Crippen LogP contribution in [0.1, 0.15) is 87.0 Å². The second kappa shape index (κ2) is 21.0. The van der Waals surface area contributed by atoms with Crippen LogP contribution in [0.4, 0.5) is 5.69 Å². The van der Waals surface area contributed by atoms with Crippen LogP contribution in [0.5, 0.6) is 5.75 Å². The predicted molar refractivity (Wildman–Crippen MR) is 196 cm³/mol. The van der Waals surface area contributed by atoms with Gasteiger partial charge in [0.2, 0.25) is 17.7 Å². The summed E-state index contributed by atoms with van der Waals surface area (Å²) in [6.45, 7) is 0.415. The molecule has 270 valence electrons. The molecule has 1 aliphatic heterocycles. The van der Waals surface area contributed by atoms with Gasteiger partial charge in [-0.2, -0.15) is 5.10 Å². The smallest absolute Gasteiger partial charge is 0.306 e. The Hall–Kier alpha value is -5.29. The molecule has 0 aromatic heterocycles. The van der Waals surface area contributed by atoms with Crippen molar-refractivity contribution in [3.63, 3.8) is 0 Å². The number of phenols is 1. The molecule has 0 saturated heterocycles. The van der Waals surface area contributed by atoms with Gasteiger partial charge in [0.05, 0.1) is 24.6 Å². The normalized spacial score (nSPS) is 17.6. The SMILES string of the molecule is COC[C@H]1[C@H](c2ccccc2)OC(=O)CC/C=C/CCC(=O)N1Cc1cccc(/C=N/NC(=O)CCCCCCC(=O)Nc2ccccc2O)c1. The number of hydrogen-bond donors (Lipinski definition) is 3. The fourth-order valence-electron chi connectivity index (χ4n) is 5.82. The van der Waals surface area contributed by atoms with Gasteiger partial charge in [-0.15, -0.1) is 0 Å². The molecule has 0 radical (unpaired) electrons. The first-order valence-electron chi connectivity index (χ1n) is 17.5. The highest BCUT2D eigenvalue weighted by Crippen LogP contribution is 2.29. The maximum atomic E-state index is 13.8. The summed E-state index contributed by atoms with van der Waals surface area (Å²) in [5.74, 6) is -0.755. The van der Waals surface area contributed by atoms with Crippen LogP contribution in [0.3, 0.4) is 0 Å². The number of methoxy groups -OCH3 is 1. The molecule has 0 fully saturated rings. The fourth-order valence-corrected chi connectivity index (χ4v) is 5.82. The van der Waals surface area contributed by atoms with Gasteiger partial charge in [-0.25, -0.2) is 5.43 Å². The number of amides is 3. The standard InChI is InChI=1S/C40H48N4O7/c1-50-29-34-40(32-18-7-6-8-19-32)51-39(49)25-12-5-4-11-24-38(48)44(34)28-31-17-15-16-30(26-31)27-41-43-37(47)23-10-3-2-9-22-36(46)42-33-20-13-14-21-35(33)45/h4-8,13-21,26-27,34,40,45H,2-3,9-12,22-25,28-29H2,1H3,(H,42,46)(H,43,47)/b5-4+,41-27+/t34-,40-/m0/s1. The number of carbonyl (C=O) groups is 4. The lowest BCUT2D eigenvalue weighted by molar-refractivity contribution is -0.159. The summed E-state index contributed by atoms with van der Waals surface area (Å²) in [6.07, 6.45) is 9.92. The van der Waals surface area contributed by atoms with E-state index in [-0.39, 0.29) is 49.0 Å². The molecule has 11 nitrogen and oxygen atoms in total. The number of esters is 1. The highest BCUT2D eigenvalue weighted by Gasteiger charge is 2.35. The number of carbonyl (C=O) groups excluding carboxylic acids is 4. The molecule has 2 atom stereocenters. The zero-order valence-electron chi connectivity index (χ0n) is 29.2. The van der Waals surface area contributed by atoms with Crippen LogP contribution in [0.15, 0.2) is 96.1 Å². The number of hydrogen-bond acceptors (Lipinski definition) is 8. The van der Waals surface area contributed by atoms with E-state index in [0.717, 1.165) is 29.5 Å². The third-order valence-corrected chi connectivity index (χ3v) is 8.44. The Morgan fingerprint density at radius 2 is 1.61 bits per heavy atom. The summed E-state index contributed by atoms with van der Waals surface area (Å²) < 4.78 is 11.6. The minimum Gasteiger partial charge on any atom is -0.506 e. The summed E-state index contributed by atoms with van der Waals surface area (Å²) in [6, 6.07) is 23.0. The zero-order valence-corrected chi connectivity index (χ0v) is 29.2. The van der Waals surface area contributed by atoms with Crippen molar-refractivity contribution >= 4 is 35.6 Å². The quantitative estimate of drug-likeness (QED) is 0.0406. The average molecular weight is 697 g/mol. The van der Waals surface area contributed by atoms with Crippen molar-refractivity contribution < 1.29 is 33.8 Å². The van der Waals surface area contributed by atoms with Gasteiger partial charge in [-0.05, 0) is 60.6 Å². The number of ether oxygens (including phenoxy) is 2. The average Bonchev–Trinajstić information content (AvgIpc) is 3.13. The van der Waals surface area contributed by atoms with Crippen LogP contribution >= 0.6 is 0 Å². The lowest BCUT2D eigenvalue weighted by atomic mass is 9.99. The van der Waals surface area contributed by atoms with Gasteiger partial charge >= 0.3 is 5.97 Å². The Balaban J connectivity index is 1.32. The number of nitrogens with one attached hydrogen (secondary N) is 2. The second-order valence-corrected chi connectivity index (χ2v) is 12.4. The largest absolute Gasteiger partial charge is 0.506 e.